The molecule has 8 heteroatoms. The highest BCUT2D eigenvalue weighted by molar-refractivity contribution is 7.17. The lowest BCUT2D eigenvalue weighted by Crippen LogP contribution is -2.13. The third-order valence-corrected chi connectivity index (χ3v) is 6.45. The molecule has 0 atom stereocenters. The molecule has 0 unspecified atom stereocenters. The van der Waals surface area contributed by atoms with Crippen LogP contribution in [-0.4, -0.2) is 19.0 Å². The first-order valence-electron chi connectivity index (χ1n) is 8.34. The van der Waals surface area contributed by atoms with Crippen LogP contribution < -0.4 is 10.1 Å². The summed E-state index contributed by atoms with van der Waals surface area (Å²) in [5.41, 5.74) is 2.11. The van der Waals surface area contributed by atoms with Crippen LogP contribution in [0, 0.1) is 13.8 Å². The van der Waals surface area contributed by atoms with Crippen LogP contribution in [0.3, 0.4) is 0 Å². The summed E-state index contributed by atoms with van der Waals surface area (Å²) >= 11 is 8.54. The van der Waals surface area contributed by atoms with Gasteiger partial charge in [-0.3, -0.25) is 4.79 Å². The Kier molecular flexibility index (Phi) is 6.39. The highest BCUT2D eigenvalue weighted by atomic mass is 35.5. The van der Waals surface area contributed by atoms with E-state index in [0.717, 1.165) is 16.0 Å². The van der Waals surface area contributed by atoms with E-state index < -0.39 is 5.97 Å². The van der Waals surface area contributed by atoms with Crippen molar-refractivity contribution < 1.29 is 19.1 Å². The number of anilines is 1. The van der Waals surface area contributed by atoms with Crippen LogP contribution in [-0.2, 0) is 11.3 Å². The van der Waals surface area contributed by atoms with Gasteiger partial charge in [0.1, 0.15) is 17.4 Å². The molecule has 0 saturated carbocycles. The minimum Gasteiger partial charge on any atom is -0.489 e. The summed E-state index contributed by atoms with van der Waals surface area (Å²) in [6.45, 7) is 4.08. The van der Waals surface area contributed by atoms with Gasteiger partial charge in [-0.15, -0.1) is 22.7 Å². The van der Waals surface area contributed by atoms with Gasteiger partial charge in [0.05, 0.1) is 17.6 Å². The number of rotatable bonds is 6. The Morgan fingerprint density at radius 2 is 1.89 bits per heavy atom. The summed E-state index contributed by atoms with van der Waals surface area (Å²) in [7, 11) is 1.33. The summed E-state index contributed by atoms with van der Waals surface area (Å²) in [5.74, 6) is -0.0246. The average Bonchev–Trinajstić information content (AvgIpc) is 3.26. The topological polar surface area (TPSA) is 64.6 Å². The molecule has 0 bridgehead atoms. The predicted molar refractivity (Wildman–Crippen MR) is 113 cm³/mol. The van der Waals surface area contributed by atoms with E-state index in [0.29, 0.717) is 32.8 Å². The predicted octanol–water partition coefficient (Wildman–Crippen LogP) is 5.70. The second kappa shape index (κ2) is 8.77. The van der Waals surface area contributed by atoms with E-state index in [9.17, 15) is 9.59 Å². The van der Waals surface area contributed by atoms with Crippen LogP contribution in [0.4, 0.5) is 5.00 Å². The largest absolute Gasteiger partial charge is 0.489 e. The van der Waals surface area contributed by atoms with Gasteiger partial charge in [-0.05, 0) is 55.1 Å². The van der Waals surface area contributed by atoms with Gasteiger partial charge in [-0.2, -0.15) is 0 Å². The van der Waals surface area contributed by atoms with Crippen molar-refractivity contribution in [3.8, 4) is 5.75 Å². The molecule has 0 aliphatic heterocycles. The molecule has 2 aromatic heterocycles. The maximum absolute atomic E-state index is 12.6. The Morgan fingerprint density at radius 3 is 2.57 bits per heavy atom. The molecule has 0 fully saturated rings. The Labute approximate surface area is 175 Å². The van der Waals surface area contributed by atoms with Gasteiger partial charge in [0.15, 0.2) is 0 Å². The fourth-order valence-electron chi connectivity index (χ4n) is 2.50. The smallest absolute Gasteiger partial charge is 0.341 e. The monoisotopic (exact) mass is 435 g/mol. The van der Waals surface area contributed by atoms with Crippen molar-refractivity contribution in [3.63, 3.8) is 0 Å². The molecule has 28 heavy (non-hydrogen) atoms. The van der Waals surface area contributed by atoms with E-state index in [1.807, 2.05) is 19.2 Å². The van der Waals surface area contributed by atoms with Crippen molar-refractivity contribution in [2.75, 3.05) is 12.4 Å². The molecule has 3 rings (SSSR count). The lowest BCUT2D eigenvalue weighted by molar-refractivity contribution is 0.0601. The van der Waals surface area contributed by atoms with Gasteiger partial charge in [0.2, 0.25) is 0 Å². The number of carbonyl (C=O) groups is 2. The molecular formula is C20H18ClNO4S2. The zero-order chi connectivity index (χ0) is 20.3. The minimum absolute atomic E-state index is 0.269. The zero-order valence-corrected chi connectivity index (χ0v) is 17.9. The van der Waals surface area contributed by atoms with Gasteiger partial charge in [0, 0.05) is 15.5 Å². The third-order valence-electron chi connectivity index (χ3n) is 4.10. The zero-order valence-electron chi connectivity index (χ0n) is 15.5. The van der Waals surface area contributed by atoms with Gasteiger partial charge < -0.3 is 14.8 Å². The number of aryl methyl sites for hydroxylation is 1. The molecule has 3 aromatic rings. The second-order valence-electron chi connectivity index (χ2n) is 5.99. The van der Waals surface area contributed by atoms with Gasteiger partial charge in [0.25, 0.3) is 5.91 Å². The van der Waals surface area contributed by atoms with Crippen LogP contribution in [0.2, 0.25) is 5.02 Å². The number of benzene rings is 1. The summed E-state index contributed by atoms with van der Waals surface area (Å²) in [4.78, 5) is 26.2. The molecule has 0 radical (unpaired) electrons. The van der Waals surface area contributed by atoms with Crippen LogP contribution >= 0.6 is 34.3 Å². The lowest BCUT2D eigenvalue weighted by Gasteiger charge is -2.05. The lowest BCUT2D eigenvalue weighted by atomic mass is 10.1. The molecule has 2 heterocycles. The van der Waals surface area contributed by atoms with Gasteiger partial charge in [-0.25, -0.2) is 4.79 Å². The first-order valence-corrected chi connectivity index (χ1v) is 10.4. The molecule has 0 aliphatic rings. The van der Waals surface area contributed by atoms with Crippen LogP contribution in [0.5, 0.6) is 5.75 Å². The van der Waals surface area contributed by atoms with Crippen molar-refractivity contribution in [3.05, 3.63) is 67.2 Å². The number of hydrogen-bond acceptors (Lipinski definition) is 6. The first-order chi connectivity index (χ1) is 13.4. The van der Waals surface area contributed by atoms with Crippen LogP contribution in [0.1, 0.15) is 36.0 Å². The van der Waals surface area contributed by atoms with Crippen molar-refractivity contribution in [1.29, 1.82) is 0 Å². The molecular weight excluding hydrogens is 418 g/mol. The Morgan fingerprint density at radius 1 is 1.18 bits per heavy atom. The summed E-state index contributed by atoms with van der Waals surface area (Å²) in [5, 5.41) is 5.85. The van der Waals surface area contributed by atoms with Crippen LogP contribution in [0.15, 0.2) is 35.7 Å². The van der Waals surface area contributed by atoms with Crippen molar-refractivity contribution in [2.24, 2.45) is 0 Å². The molecule has 1 aromatic carbocycles. The normalized spacial score (nSPS) is 10.6. The number of halogens is 1. The molecule has 0 saturated heterocycles. The highest BCUT2D eigenvalue weighted by Crippen LogP contribution is 2.33. The van der Waals surface area contributed by atoms with E-state index in [2.05, 4.69) is 5.32 Å². The highest BCUT2D eigenvalue weighted by Gasteiger charge is 2.22. The maximum atomic E-state index is 12.6. The maximum Gasteiger partial charge on any atom is 0.341 e. The quantitative estimate of drug-likeness (QED) is 0.504. The first kappa shape index (κ1) is 20.4. The Balaban J connectivity index is 1.68. The number of esters is 1. The number of thiophene rings is 2. The van der Waals surface area contributed by atoms with E-state index in [1.54, 1.807) is 30.3 Å². The fourth-order valence-corrected chi connectivity index (χ4v) is 4.46. The van der Waals surface area contributed by atoms with Crippen molar-refractivity contribution >= 4 is 51.2 Å². The van der Waals surface area contributed by atoms with E-state index in [-0.39, 0.29) is 5.91 Å². The molecule has 1 N–H and O–H groups in total. The van der Waals surface area contributed by atoms with Crippen LogP contribution in [0.25, 0.3) is 0 Å². The SMILES string of the molecule is COC(=O)c1c(NC(=O)c2cc(COc3ccc(Cl)cc3)cs2)sc(C)c1C. The number of carbonyl (C=O) groups excluding carboxylic acids is 2. The fraction of sp³-hybridized carbons (Fsp3) is 0.200. The number of methoxy groups -OCH3 is 1. The van der Waals surface area contributed by atoms with Crippen molar-refractivity contribution in [1.82, 2.24) is 0 Å². The average molecular weight is 436 g/mol. The number of nitrogens with one attached hydrogen (secondary N) is 1. The summed E-state index contributed by atoms with van der Waals surface area (Å²) < 4.78 is 10.5. The number of ether oxygens (including phenoxy) is 2. The second-order valence-corrected chi connectivity index (χ2v) is 8.57. The van der Waals surface area contributed by atoms with Crippen molar-refractivity contribution in [2.45, 2.75) is 20.5 Å². The Hall–Kier alpha value is -2.35. The van der Waals surface area contributed by atoms with E-state index >= 15 is 0 Å². The molecule has 0 spiro atoms. The third kappa shape index (κ3) is 4.55. The number of amides is 1. The Bertz CT molecular complexity index is 1010. The van der Waals surface area contributed by atoms with Gasteiger partial charge >= 0.3 is 5.97 Å². The minimum atomic E-state index is -0.458. The summed E-state index contributed by atoms with van der Waals surface area (Å²) in [6, 6.07) is 8.87. The number of hydrogen-bond donors (Lipinski definition) is 1. The van der Waals surface area contributed by atoms with E-state index in [1.165, 1.54) is 29.8 Å². The van der Waals surface area contributed by atoms with E-state index in [4.69, 9.17) is 21.1 Å². The molecule has 5 nitrogen and oxygen atoms in total. The molecule has 146 valence electrons. The molecule has 1 amide bonds. The molecule has 0 aliphatic carbocycles. The summed E-state index contributed by atoms with van der Waals surface area (Å²) in [6.07, 6.45) is 0. The van der Waals surface area contributed by atoms with Gasteiger partial charge in [-0.1, -0.05) is 11.6 Å². The standard InChI is InChI=1S/C20H18ClNO4S2/c1-11-12(2)28-19(17(11)20(24)25-3)22-18(23)16-8-13(10-27-16)9-26-15-6-4-14(21)5-7-15/h4-8,10H,9H2,1-3H3,(H,22,23).